The summed E-state index contributed by atoms with van der Waals surface area (Å²) in [5, 5.41) is 11.9. The Labute approximate surface area is 129 Å². The molecule has 1 heterocycles. The summed E-state index contributed by atoms with van der Waals surface area (Å²) >= 11 is 5.67. The number of carbonyl (C=O) groups excluding carboxylic acids is 1. The number of pyridine rings is 1. The summed E-state index contributed by atoms with van der Waals surface area (Å²) in [6.07, 6.45) is 5.05. The second-order valence-corrected chi connectivity index (χ2v) is 5.39. The van der Waals surface area contributed by atoms with E-state index in [1.807, 2.05) is 0 Å². The lowest BCUT2D eigenvalue weighted by Gasteiger charge is -2.15. The number of nitrogens with one attached hydrogen (secondary N) is 1. The third-order valence-corrected chi connectivity index (χ3v) is 3.51. The molecule has 5 nitrogen and oxygen atoms in total. The molecule has 1 unspecified atom stereocenters. The summed E-state index contributed by atoms with van der Waals surface area (Å²) < 4.78 is 0. The van der Waals surface area contributed by atoms with Crippen LogP contribution in [0.1, 0.15) is 49.4 Å². The molecule has 1 atom stereocenters. The first kappa shape index (κ1) is 17.4. The molecule has 0 saturated heterocycles. The van der Waals surface area contributed by atoms with Crippen molar-refractivity contribution in [2.75, 3.05) is 6.54 Å². The van der Waals surface area contributed by atoms with E-state index >= 15 is 0 Å². The Balaban J connectivity index is 2.36. The summed E-state index contributed by atoms with van der Waals surface area (Å²) in [6.45, 7) is 2.61. The number of hydrogen-bond donors (Lipinski definition) is 2. The summed E-state index contributed by atoms with van der Waals surface area (Å²) in [5.74, 6) is -0.630. The normalized spacial score (nSPS) is 11.9. The molecule has 116 valence electrons. The van der Waals surface area contributed by atoms with E-state index in [2.05, 4.69) is 17.2 Å². The number of aliphatic carboxylic acids is 1. The zero-order valence-corrected chi connectivity index (χ0v) is 12.9. The Morgan fingerprint density at radius 3 is 2.67 bits per heavy atom. The molecule has 0 radical (unpaired) electrons. The third kappa shape index (κ3) is 7.09. The van der Waals surface area contributed by atoms with Crippen molar-refractivity contribution in [3.8, 4) is 0 Å². The highest BCUT2D eigenvalue weighted by molar-refractivity contribution is 6.29. The van der Waals surface area contributed by atoms with Gasteiger partial charge < -0.3 is 10.4 Å². The van der Waals surface area contributed by atoms with Gasteiger partial charge in [0.25, 0.3) is 5.91 Å². The fourth-order valence-electron chi connectivity index (χ4n) is 2.17. The number of carbonyl (C=O) groups is 2. The van der Waals surface area contributed by atoms with E-state index in [-0.39, 0.29) is 12.3 Å². The maximum Gasteiger partial charge on any atom is 0.303 e. The quantitative estimate of drug-likeness (QED) is 0.687. The van der Waals surface area contributed by atoms with E-state index in [1.54, 1.807) is 12.1 Å². The number of carboxylic acids is 1. The highest BCUT2D eigenvalue weighted by Gasteiger charge is 2.11. The van der Waals surface area contributed by atoms with Crippen molar-refractivity contribution in [2.45, 2.75) is 39.0 Å². The van der Waals surface area contributed by atoms with Crippen molar-refractivity contribution in [1.82, 2.24) is 10.3 Å². The number of hydrogen-bond acceptors (Lipinski definition) is 3. The molecule has 2 N–H and O–H groups in total. The smallest absolute Gasteiger partial charge is 0.303 e. The average molecular weight is 313 g/mol. The number of amides is 1. The topological polar surface area (TPSA) is 79.3 Å². The number of nitrogens with zero attached hydrogens (tertiary/aromatic N) is 1. The predicted molar refractivity (Wildman–Crippen MR) is 81.5 cm³/mol. The maximum absolute atomic E-state index is 11.9. The predicted octanol–water partition coefficient (Wildman–Crippen LogP) is 3.14. The van der Waals surface area contributed by atoms with Gasteiger partial charge in [0.1, 0.15) is 5.15 Å². The summed E-state index contributed by atoms with van der Waals surface area (Å²) in [7, 11) is 0. The molecule has 0 aliphatic rings. The van der Waals surface area contributed by atoms with Gasteiger partial charge >= 0.3 is 5.97 Å². The molecular weight excluding hydrogens is 292 g/mol. The molecule has 6 heteroatoms. The van der Waals surface area contributed by atoms with Crippen molar-refractivity contribution in [3.05, 3.63) is 29.0 Å². The van der Waals surface area contributed by atoms with Crippen LogP contribution in [0.15, 0.2) is 18.3 Å². The molecule has 1 rings (SSSR count). The van der Waals surface area contributed by atoms with E-state index in [4.69, 9.17) is 16.7 Å². The molecule has 0 aliphatic heterocycles. The molecule has 1 aromatic heterocycles. The van der Waals surface area contributed by atoms with Crippen LogP contribution in [0.5, 0.6) is 0 Å². The van der Waals surface area contributed by atoms with E-state index in [0.717, 1.165) is 19.3 Å². The van der Waals surface area contributed by atoms with Gasteiger partial charge in [0.15, 0.2) is 0 Å². The van der Waals surface area contributed by atoms with E-state index in [0.29, 0.717) is 29.6 Å². The van der Waals surface area contributed by atoms with Gasteiger partial charge in [-0.2, -0.15) is 0 Å². The zero-order valence-electron chi connectivity index (χ0n) is 12.1. The number of aromatic nitrogens is 1. The second-order valence-electron chi connectivity index (χ2n) is 5.00. The Kier molecular flexibility index (Phi) is 7.75. The molecule has 0 saturated carbocycles. The summed E-state index contributed by atoms with van der Waals surface area (Å²) in [6, 6.07) is 3.20. The van der Waals surface area contributed by atoms with Crippen molar-refractivity contribution in [3.63, 3.8) is 0 Å². The number of carboxylic acid groups (broad SMARTS) is 1. The Morgan fingerprint density at radius 1 is 1.33 bits per heavy atom. The van der Waals surface area contributed by atoms with Crippen LogP contribution in [0.4, 0.5) is 0 Å². The molecule has 0 aliphatic carbocycles. The van der Waals surface area contributed by atoms with Crippen LogP contribution in [0, 0.1) is 5.92 Å². The minimum atomic E-state index is -0.771. The largest absolute Gasteiger partial charge is 0.481 e. The summed E-state index contributed by atoms with van der Waals surface area (Å²) in [4.78, 5) is 26.3. The minimum Gasteiger partial charge on any atom is -0.481 e. The van der Waals surface area contributed by atoms with Crippen LogP contribution < -0.4 is 5.32 Å². The van der Waals surface area contributed by atoms with Crippen molar-refractivity contribution in [1.29, 1.82) is 0 Å². The first-order chi connectivity index (χ1) is 10.0. The molecule has 21 heavy (non-hydrogen) atoms. The average Bonchev–Trinajstić information content (AvgIpc) is 2.45. The number of rotatable bonds is 9. The lowest BCUT2D eigenvalue weighted by Crippen LogP contribution is -2.26. The van der Waals surface area contributed by atoms with Crippen LogP contribution in [0.25, 0.3) is 0 Å². The third-order valence-electron chi connectivity index (χ3n) is 3.29. The van der Waals surface area contributed by atoms with E-state index < -0.39 is 5.97 Å². The minimum absolute atomic E-state index is 0.180. The molecule has 0 spiro atoms. The first-order valence-corrected chi connectivity index (χ1v) is 7.52. The maximum atomic E-state index is 11.9. The zero-order chi connectivity index (χ0) is 15.7. The Morgan fingerprint density at radius 2 is 2.10 bits per heavy atom. The van der Waals surface area contributed by atoms with Crippen LogP contribution >= 0.6 is 11.6 Å². The highest BCUT2D eigenvalue weighted by Crippen LogP contribution is 2.17. The van der Waals surface area contributed by atoms with Crippen molar-refractivity contribution >= 4 is 23.5 Å². The fraction of sp³-hybridized carbons (Fsp3) is 0.533. The van der Waals surface area contributed by atoms with Gasteiger partial charge in [0.05, 0.1) is 5.56 Å². The summed E-state index contributed by atoms with van der Waals surface area (Å²) in [5.41, 5.74) is 0.469. The van der Waals surface area contributed by atoms with Crippen molar-refractivity contribution in [2.24, 2.45) is 5.92 Å². The molecule has 0 bridgehead atoms. The lowest BCUT2D eigenvalue weighted by atomic mass is 9.94. The van der Waals surface area contributed by atoms with Gasteiger partial charge in [-0.3, -0.25) is 9.59 Å². The molecule has 1 amide bonds. The SMILES string of the molecule is CCCC(CCNC(=O)c1ccc(Cl)nc1)CCC(=O)O. The van der Waals surface area contributed by atoms with Crippen LogP contribution in [-0.4, -0.2) is 28.5 Å². The van der Waals surface area contributed by atoms with Crippen LogP contribution in [0.2, 0.25) is 5.15 Å². The fourth-order valence-corrected chi connectivity index (χ4v) is 2.28. The van der Waals surface area contributed by atoms with Gasteiger partial charge in [-0.1, -0.05) is 31.4 Å². The van der Waals surface area contributed by atoms with Crippen LogP contribution in [0.3, 0.4) is 0 Å². The Hall–Kier alpha value is -1.62. The van der Waals surface area contributed by atoms with Gasteiger partial charge in [0.2, 0.25) is 0 Å². The van der Waals surface area contributed by atoms with E-state index in [1.165, 1.54) is 6.20 Å². The lowest BCUT2D eigenvalue weighted by molar-refractivity contribution is -0.137. The van der Waals surface area contributed by atoms with Crippen LogP contribution in [-0.2, 0) is 4.79 Å². The van der Waals surface area contributed by atoms with Gasteiger partial charge in [0, 0.05) is 19.2 Å². The van der Waals surface area contributed by atoms with Gasteiger partial charge in [-0.15, -0.1) is 0 Å². The molecular formula is C15H21ClN2O3. The van der Waals surface area contributed by atoms with Crippen molar-refractivity contribution < 1.29 is 14.7 Å². The van der Waals surface area contributed by atoms with Gasteiger partial charge in [-0.05, 0) is 30.9 Å². The second kappa shape index (κ2) is 9.34. The number of halogens is 1. The van der Waals surface area contributed by atoms with Gasteiger partial charge in [-0.25, -0.2) is 4.98 Å². The molecule has 0 aromatic carbocycles. The first-order valence-electron chi connectivity index (χ1n) is 7.14. The van der Waals surface area contributed by atoms with E-state index in [9.17, 15) is 9.59 Å². The standard InChI is InChI=1S/C15H21ClN2O3/c1-2-3-11(4-7-14(19)20)8-9-17-15(21)12-5-6-13(16)18-10-12/h5-6,10-11H,2-4,7-9H2,1H3,(H,17,21)(H,19,20). The Bertz CT molecular complexity index is 462. The molecule has 1 aromatic rings. The molecule has 0 fully saturated rings. The monoisotopic (exact) mass is 312 g/mol. The highest BCUT2D eigenvalue weighted by atomic mass is 35.5.